The van der Waals surface area contributed by atoms with Crippen LogP contribution in [0.5, 0.6) is 0 Å². The van der Waals surface area contributed by atoms with Crippen LogP contribution in [0.25, 0.3) is 0 Å². The zero-order valence-electron chi connectivity index (χ0n) is 10.3. The van der Waals surface area contributed by atoms with Crippen LogP contribution in [0.4, 0.5) is 0 Å². The van der Waals surface area contributed by atoms with Crippen molar-refractivity contribution in [1.29, 1.82) is 0 Å². The summed E-state index contributed by atoms with van der Waals surface area (Å²) in [6, 6.07) is 0. The molecule has 2 heterocycles. The molecule has 0 fully saturated rings. The predicted molar refractivity (Wildman–Crippen MR) is 68.9 cm³/mol. The number of nitrogens with zero attached hydrogens (tertiary/aromatic N) is 3. The van der Waals surface area contributed by atoms with Gasteiger partial charge in [-0.05, 0) is 20.8 Å². The van der Waals surface area contributed by atoms with Gasteiger partial charge in [-0.25, -0.2) is 4.98 Å². The van der Waals surface area contributed by atoms with Gasteiger partial charge in [-0.3, -0.25) is 9.97 Å². The van der Waals surface area contributed by atoms with Gasteiger partial charge in [-0.1, -0.05) is 0 Å². The average Bonchev–Trinajstić information content (AvgIpc) is 2.60. The zero-order chi connectivity index (χ0) is 12.3. The molecule has 17 heavy (non-hydrogen) atoms. The lowest BCUT2D eigenvalue weighted by Crippen LogP contribution is -2.13. The van der Waals surface area contributed by atoms with E-state index in [1.165, 1.54) is 4.88 Å². The highest BCUT2D eigenvalue weighted by Crippen LogP contribution is 2.16. The molecule has 90 valence electrons. The maximum absolute atomic E-state index is 4.40. The van der Waals surface area contributed by atoms with Gasteiger partial charge in [0.2, 0.25) is 0 Å². The number of hydrogen-bond acceptors (Lipinski definition) is 5. The molecule has 0 atom stereocenters. The molecule has 0 aliphatic heterocycles. The van der Waals surface area contributed by atoms with Crippen LogP contribution in [0.1, 0.15) is 27.0 Å². The van der Waals surface area contributed by atoms with Crippen LogP contribution in [0, 0.1) is 20.8 Å². The molecule has 0 unspecified atom stereocenters. The third-order valence-corrected chi connectivity index (χ3v) is 3.50. The van der Waals surface area contributed by atoms with Gasteiger partial charge < -0.3 is 5.32 Å². The normalized spacial score (nSPS) is 10.8. The number of thiazole rings is 1. The maximum atomic E-state index is 4.40. The van der Waals surface area contributed by atoms with Gasteiger partial charge in [0.25, 0.3) is 0 Å². The molecule has 0 saturated heterocycles. The van der Waals surface area contributed by atoms with E-state index in [1.54, 1.807) is 17.5 Å². The van der Waals surface area contributed by atoms with Crippen molar-refractivity contribution in [2.75, 3.05) is 0 Å². The molecule has 2 aromatic rings. The smallest absolute Gasteiger partial charge is 0.0900 e. The van der Waals surface area contributed by atoms with Gasteiger partial charge in [0.15, 0.2) is 0 Å². The predicted octanol–water partition coefficient (Wildman–Crippen LogP) is 2.15. The van der Waals surface area contributed by atoms with Gasteiger partial charge >= 0.3 is 0 Å². The summed E-state index contributed by atoms with van der Waals surface area (Å²) in [4.78, 5) is 14.2. The standard InChI is InChI=1S/C12H16N4S/c1-8-4-15-11(6-14-8)5-13-7-12-9(2)16-10(3)17-12/h4,6,13H,5,7H2,1-3H3. The van der Waals surface area contributed by atoms with E-state index in [0.717, 1.165) is 35.2 Å². The van der Waals surface area contributed by atoms with Crippen LogP contribution in [0.2, 0.25) is 0 Å². The molecule has 2 aromatic heterocycles. The Morgan fingerprint density at radius 2 is 1.94 bits per heavy atom. The van der Waals surface area contributed by atoms with Crippen molar-refractivity contribution in [3.8, 4) is 0 Å². The summed E-state index contributed by atoms with van der Waals surface area (Å²) in [5.74, 6) is 0. The van der Waals surface area contributed by atoms with Gasteiger partial charge in [0.1, 0.15) is 0 Å². The Hall–Kier alpha value is -1.33. The fourth-order valence-electron chi connectivity index (χ4n) is 1.55. The molecule has 0 aromatic carbocycles. The highest BCUT2D eigenvalue weighted by atomic mass is 32.1. The second-order valence-corrected chi connectivity index (χ2v) is 5.28. The Morgan fingerprint density at radius 3 is 2.53 bits per heavy atom. The maximum Gasteiger partial charge on any atom is 0.0900 e. The van der Waals surface area contributed by atoms with Crippen molar-refractivity contribution in [3.63, 3.8) is 0 Å². The third-order valence-electron chi connectivity index (χ3n) is 2.43. The van der Waals surface area contributed by atoms with Gasteiger partial charge in [0.05, 0.1) is 22.1 Å². The van der Waals surface area contributed by atoms with Crippen molar-refractivity contribution < 1.29 is 0 Å². The fourth-order valence-corrected chi connectivity index (χ4v) is 2.46. The Morgan fingerprint density at radius 1 is 1.12 bits per heavy atom. The summed E-state index contributed by atoms with van der Waals surface area (Å²) >= 11 is 1.74. The number of aryl methyl sites for hydroxylation is 3. The van der Waals surface area contributed by atoms with Crippen LogP contribution < -0.4 is 5.32 Å². The lowest BCUT2D eigenvalue weighted by Gasteiger charge is -2.03. The molecule has 0 radical (unpaired) electrons. The minimum absolute atomic E-state index is 0.740. The van der Waals surface area contributed by atoms with Crippen LogP contribution in [-0.2, 0) is 13.1 Å². The van der Waals surface area contributed by atoms with Crippen LogP contribution in [-0.4, -0.2) is 15.0 Å². The van der Waals surface area contributed by atoms with Gasteiger partial charge in [-0.2, -0.15) is 0 Å². The van der Waals surface area contributed by atoms with E-state index in [2.05, 4.69) is 20.3 Å². The first kappa shape index (κ1) is 12.1. The molecule has 5 heteroatoms. The second kappa shape index (κ2) is 5.33. The van der Waals surface area contributed by atoms with E-state index in [-0.39, 0.29) is 0 Å². The summed E-state index contributed by atoms with van der Waals surface area (Å²) in [6.07, 6.45) is 3.60. The van der Waals surface area contributed by atoms with E-state index >= 15 is 0 Å². The molecule has 0 spiro atoms. The van der Waals surface area contributed by atoms with Crippen molar-refractivity contribution in [3.05, 3.63) is 39.4 Å². The number of hydrogen-bond donors (Lipinski definition) is 1. The van der Waals surface area contributed by atoms with Crippen LogP contribution in [0.15, 0.2) is 12.4 Å². The molecule has 0 amide bonds. The van der Waals surface area contributed by atoms with Crippen LogP contribution in [0.3, 0.4) is 0 Å². The third kappa shape index (κ3) is 3.31. The van der Waals surface area contributed by atoms with E-state index in [9.17, 15) is 0 Å². The van der Waals surface area contributed by atoms with Gasteiger partial charge in [-0.15, -0.1) is 11.3 Å². The fraction of sp³-hybridized carbons (Fsp3) is 0.417. The molecular weight excluding hydrogens is 232 g/mol. The molecule has 0 saturated carbocycles. The first-order valence-electron chi connectivity index (χ1n) is 5.56. The zero-order valence-corrected chi connectivity index (χ0v) is 11.1. The Bertz CT molecular complexity index is 490. The largest absolute Gasteiger partial charge is 0.306 e. The van der Waals surface area contributed by atoms with E-state index in [1.807, 2.05) is 27.0 Å². The van der Waals surface area contributed by atoms with E-state index in [0.29, 0.717) is 0 Å². The summed E-state index contributed by atoms with van der Waals surface area (Å²) in [5, 5.41) is 4.48. The molecule has 1 N–H and O–H groups in total. The molecule has 0 aliphatic carbocycles. The number of rotatable bonds is 4. The average molecular weight is 248 g/mol. The van der Waals surface area contributed by atoms with E-state index in [4.69, 9.17) is 0 Å². The topological polar surface area (TPSA) is 50.7 Å². The minimum atomic E-state index is 0.740. The molecule has 4 nitrogen and oxygen atoms in total. The van der Waals surface area contributed by atoms with Gasteiger partial charge in [0, 0.05) is 30.4 Å². The van der Waals surface area contributed by atoms with Crippen molar-refractivity contribution in [2.45, 2.75) is 33.9 Å². The Labute approximate surface area is 105 Å². The van der Waals surface area contributed by atoms with E-state index < -0.39 is 0 Å². The lowest BCUT2D eigenvalue weighted by atomic mass is 10.3. The summed E-state index contributed by atoms with van der Waals surface area (Å²) < 4.78 is 0. The minimum Gasteiger partial charge on any atom is -0.306 e. The number of nitrogens with one attached hydrogen (secondary N) is 1. The monoisotopic (exact) mass is 248 g/mol. The Balaban J connectivity index is 1.87. The first-order valence-corrected chi connectivity index (χ1v) is 6.38. The second-order valence-electron chi connectivity index (χ2n) is 3.99. The Kier molecular flexibility index (Phi) is 3.81. The SMILES string of the molecule is Cc1cnc(CNCc2sc(C)nc2C)cn1. The number of aromatic nitrogens is 3. The first-order chi connectivity index (χ1) is 8.15. The highest BCUT2D eigenvalue weighted by molar-refractivity contribution is 7.11. The highest BCUT2D eigenvalue weighted by Gasteiger charge is 2.04. The summed E-state index contributed by atoms with van der Waals surface area (Å²) in [6.45, 7) is 7.60. The van der Waals surface area contributed by atoms with Crippen LogP contribution >= 0.6 is 11.3 Å². The molecule has 2 rings (SSSR count). The van der Waals surface area contributed by atoms with Crippen molar-refractivity contribution in [2.24, 2.45) is 0 Å². The molecular formula is C12H16N4S. The summed E-state index contributed by atoms with van der Waals surface area (Å²) in [7, 11) is 0. The molecule has 0 bridgehead atoms. The molecule has 0 aliphatic rings. The lowest BCUT2D eigenvalue weighted by molar-refractivity contribution is 0.679. The summed E-state index contributed by atoms with van der Waals surface area (Å²) in [5.41, 5.74) is 3.03. The quantitative estimate of drug-likeness (QED) is 0.900. The van der Waals surface area contributed by atoms with Crippen molar-refractivity contribution in [1.82, 2.24) is 20.3 Å². The van der Waals surface area contributed by atoms with Crippen molar-refractivity contribution >= 4 is 11.3 Å².